The molecule has 1 aromatic rings. The molecular weight excluding hydrogens is 271 g/mol. The van der Waals surface area contributed by atoms with Crippen LogP contribution in [-0.4, -0.2) is 36.3 Å². The van der Waals surface area contributed by atoms with Gasteiger partial charge in [0.15, 0.2) is 0 Å². The maximum atomic E-state index is 13.3. The fourth-order valence-corrected chi connectivity index (χ4v) is 2.02. The third kappa shape index (κ3) is 4.15. The van der Waals surface area contributed by atoms with Crippen molar-refractivity contribution in [1.29, 1.82) is 0 Å². The van der Waals surface area contributed by atoms with Gasteiger partial charge in [-0.2, -0.15) is 0 Å². The van der Waals surface area contributed by atoms with Gasteiger partial charge in [-0.1, -0.05) is 6.58 Å². The van der Waals surface area contributed by atoms with Crippen LogP contribution in [0.25, 0.3) is 0 Å². The quantitative estimate of drug-likeness (QED) is 0.756. The standard InChI is InChI=1S/C16H21FN2O2/c1-5-15(20)18(6-2)11-16(21)19(7-3)13-8-9-14(17)12(4)10-13/h5,8-10H,1,6-7,11H2,2-4H3. The monoisotopic (exact) mass is 292 g/mol. The number of rotatable bonds is 6. The predicted molar refractivity (Wildman–Crippen MR) is 81.6 cm³/mol. The van der Waals surface area contributed by atoms with Gasteiger partial charge in [-0.25, -0.2) is 4.39 Å². The minimum atomic E-state index is -0.306. The molecule has 0 radical (unpaired) electrons. The van der Waals surface area contributed by atoms with E-state index in [9.17, 15) is 14.0 Å². The largest absolute Gasteiger partial charge is 0.330 e. The van der Waals surface area contributed by atoms with Gasteiger partial charge in [-0.15, -0.1) is 0 Å². The number of anilines is 1. The molecule has 0 aliphatic carbocycles. The van der Waals surface area contributed by atoms with E-state index in [1.807, 2.05) is 6.92 Å². The van der Waals surface area contributed by atoms with E-state index in [0.717, 1.165) is 0 Å². The smallest absolute Gasteiger partial charge is 0.246 e. The Morgan fingerprint density at radius 2 is 1.95 bits per heavy atom. The maximum absolute atomic E-state index is 13.3. The molecule has 0 N–H and O–H groups in total. The Bertz CT molecular complexity index is 543. The van der Waals surface area contributed by atoms with E-state index in [1.54, 1.807) is 26.0 Å². The van der Waals surface area contributed by atoms with Crippen molar-refractivity contribution in [2.24, 2.45) is 0 Å². The number of amides is 2. The van der Waals surface area contributed by atoms with Crippen molar-refractivity contribution in [2.45, 2.75) is 20.8 Å². The number of likely N-dealkylation sites (N-methyl/N-ethyl adjacent to an activating group) is 2. The molecule has 2 amide bonds. The molecule has 21 heavy (non-hydrogen) atoms. The highest BCUT2D eigenvalue weighted by Gasteiger charge is 2.19. The molecule has 0 aliphatic rings. The lowest BCUT2D eigenvalue weighted by Crippen LogP contribution is -2.42. The van der Waals surface area contributed by atoms with Crippen molar-refractivity contribution >= 4 is 17.5 Å². The number of halogens is 1. The summed E-state index contributed by atoms with van der Waals surface area (Å²) in [5.74, 6) is -0.794. The van der Waals surface area contributed by atoms with Gasteiger partial charge in [0.1, 0.15) is 12.4 Å². The molecular formula is C16H21FN2O2. The summed E-state index contributed by atoms with van der Waals surface area (Å²) in [6, 6.07) is 4.53. The van der Waals surface area contributed by atoms with Gasteiger partial charge in [-0.05, 0) is 50.6 Å². The van der Waals surface area contributed by atoms with E-state index in [0.29, 0.717) is 24.3 Å². The average molecular weight is 292 g/mol. The Kier molecular flexibility index (Phi) is 6.09. The summed E-state index contributed by atoms with van der Waals surface area (Å²) in [6.45, 7) is 9.56. The van der Waals surface area contributed by atoms with E-state index >= 15 is 0 Å². The zero-order valence-electron chi connectivity index (χ0n) is 12.7. The van der Waals surface area contributed by atoms with E-state index in [1.165, 1.54) is 21.9 Å². The van der Waals surface area contributed by atoms with Crippen molar-refractivity contribution in [3.63, 3.8) is 0 Å². The lowest BCUT2D eigenvalue weighted by Gasteiger charge is -2.25. The molecule has 1 rings (SSSR count). The minimum absolute atomic E-state index is 0.0222. The van der Waals surface area contributed by atoms with Gasteiger partial charge in [0, 0.05) is 18.8 Å². The molecule has 0 saturated carbocycles. The molecule has 0 aromatic heterocycles. The molecule has 4 nitrogen and oxygen atoms in total. The van der Waals surface area contributed by atoms with E-state index < -0.39 is 0 Å². The second kappa shape index (κ2) is 7.57. The van der Waals surface area contributed by atoms with Crippen LogP contribution in [0, 0.1) is 12.7 Å². The van der Waals surface area contributed by atoms with Crippen LogP contribution < -0.4 is 4.90 Å². The zero-order chi connectivity index (χ0) is 16.0. The number of hydrogen-bond acceptors (Lipinski definition) is 2. The van der Waals surface area contributed by atoms with Gasteiger partial charge in [-0.3, -0.25) is 9.59 Å². The number of carbonyl (C=O) groups is 2. The predicted octanol–water partition coefficient (Wildman–Crippen LogP) is 2.52. The normalized spacial score (nSPS) is 10.1. The van der Waals surface area contributed by atoms with Gasteiger partial charge in [0.25, 0.3) is 0 Å². The molecule has 114 valence electrons. The number of nitrogens with zero attached hydrogens (tertiary/aromatic N) is 2. The maximum Gasteiger partial charge on any atom is 0.246 e. The third-order valence-electron chi connectivity index (χ3n) is 3.26. The van der Waals surface area contributed by atoms with Crippen LogP contribution >= 0.6 is 0 Å². The highest BCUT2D eigenvalue weighted by molar-refractivity contribution is 5.98. The second-order valence-corrected chi connectivity index (χ2v) is 4.63. The van der Waals surface area contributed by atoms with E-state index in [2.05, 4.69) is 6.58 Å². The summed E-state index contributed by atoms with van der Waals surface area (Å²) in [4.78, 5) is 26.9. The summed E-state index contributed by atoms with van der Waals surface area (Å²) in [6.07, 6.45) is 1.19. The van der Waals surface area contributed by atoms with Crippen LogP contribution in [0.1, 0.15) is 19.4 Å². The van der Waals surface area contributed by atoms with Gasteiger partial charge < -0.3 is 9.80 Å². The molecule has 0 saturated heterocycles. The lowest BCUT2D eigenvalue weighted by atomic mass is 10.2. The van der Waals surface area contributed by atoms with Crippen LogP contribution in [0.4, 0.5) is 10.1 Å². The van der Waals surface area contributed by atoms with Crippen molar-refractivity contribution in [2.75, 3.05) is 24.5 Å². The van der Waals surface area contributed by atoms with Crippen molar-refractivity contribution in [1.82, 2.24) is 4.90 Å². The number of aryl methyl sites for hydroxylation is 1. The highest BCUT2D eigenvalue weighted by atomic mass is 19.1. The second-order valence-electron chi connectivity index (χ2n) is 4.63. The van der Waals surface area contributed by atoms with Gasteiger partial charge in [0.2, 0.25) is 11.8 Å². The Labute approximate surface area is 124 Å². The summed E-state index contributed by atoms with van der Waals surface area (Å²) in [5.41, 5.74) is 1.11. The summed E-state index contributed by atoms with van der Waals surface area (Å²) < 4.78 is 13.3. The average Bonchev–Trinajstić information content (AvgIpc) is 2.48. The topological polar surface area (TPSA) is 40.6 Å². The first kappa shape index (κ1) is 16.9. The lowest BCUT2D eigenvalue weighted by molar-refractivity contribution is -0.131. The molecule has 0 atom stereocenters. The van der Waals surface area contributed by atoms with Crippen molar-refractivity contribution in [3.05, 3.63) is 42.2 Å². The van der Waals surface area contributed by atoms with Crippen LogP contribution in [0.5, 0.6) is 0 Å². The molecule has 1 aromatic carbocycles. The zero-order valence-corrected chi connectivity index (χ0v) is 12.7. The molecule has 0 bridgehead atoms. The van der Waals surface area contributed by atoms with Gasteiger partial charge in [0.05, 0.1) is 0 Å². The fourth-order valence-electron chi connectivity index (χ4n) is 2.02. The number of hydrogen-bond donors (Lipinski definition) is 0. The van der Waals surface area contributed by atoms with Crippen LogP contribution in [-0.2, 0) is 9.59 Å². The highest BCUT2D eigenvalue weighted by Crippen LogP contribution is 2.18. The first-order valence-corrected chi connectivity index (χ1v) is 6.92. The molecule has 0 heterocycles. The molecule has 5 heteroatoms. The van der Waals surface area contributed by atoms with Crippen molar-refractivity contribution < 1.29 is 14.0 Å². The van der Waals surface area contributed by atoms with Crippen molar-refractivity contribution in [3.8, 4) is 0 Å². The first-order valence-electron chi connectivity index (χ1n) is 6.92. The Balaban J connectivity index is 2.93. The SMILES string of the molecule is C=CC(=O)N(CC)CC(=O)N(CC)c1ccc(F)c(C)c1. The molecule has 0 spiro atoms. The van der Waals surface area contributed by atoms with E-state index in [-0.39, 0.29) is 24.2 Å². The fraction of sp³-hybridized carbons (Fsp3) is 0.375. The Morgan fingerprint density at radius 3 is 2.43 bits per heavy atom. The molecule has 0 unspecified atom stereocenters. The first-order chi connectivity index (χ1) is 9.94. The van der Waals surface area contributed by atoms with Crippen LogP contribution in [0.15, 0.2) is 30.9 Å². The van der Waals surface area contributed by atoms with E-state index in [4.69, 9.17) is 0 Å². The summed E-state index contributed by atoms with van der Waals surface area (Å²) in [5, 5.41) is 0. The Morgan fingerprint density at radius 1 is 1.29 bits per heavy atom. The third-order valence-corrected chi connectivity index (χ3v) is 3.26. The molecule has 0 aliphatic heterocycles. The number of carbonyl (C=O) groups excluding carboxylic acids is 2. The Hall–Kier alpha value is -2.17. The summed E-state index contributed by atoms with van der Waals surface area (Å²) >= 11 is 0. The summed E-state index contributed by atoms with van der Waals surface area (Å²) in [7, 11) is 0. The van der Waals surface area contributed by atoms with Gasteiger partial charge >= 0.3 is 0 Å². The molecule has 0 fully saturated rings. The number of benzene rings is 1. The van der Waals surface area contributed by atoms with Crippen LogP contribution in [0.3, 0.4) is 0 Å². The van der Waals surface area contributed by atoms with Crippen LogP contribution in [0.2, 0.25) is 0 Å². The minimum Gasteiger partial charge on any atom is -0.330 e.